The van der Waals surface area contributed by atoms with Crippen LogP contribution in [0.1, 0.15) is 73.1 Å². The van der Waals surface area contributed by atoms with Crippen molar-refractivity contribution in [1.29, 1.82) is 0 Å². The molecule has 112 valence electrons. The van der Waals surface area contributed by atoms with E-state index < -0.39 is 0 Å². The van der Waals surface area contributed by atoms with E-state index in [9.17, 15) is 0 Å². The van der Waals surface area contributed by atoms with E-state index in [1.807, 2.05) is 0 Å². The molecule has 0 aliphatic heterocycles. The summed E-state index contributed by atoms with van der Waals surface area (Å²) in [6.07, 6.45) is 7.91. The van der Waals surface area contributed by atoms with Crippen molar-refractivity contribution in [3.8, 4) is 0 Å². The van der Waals surface area contributed by atoms with Gasteiger partial charge in [0.25, 0.3) is 0 Å². The Balaban J connectivity index is 2.28. The van der Waals surface area contributed by atoms with Gasteiger partial charge in [-0.2, -0.15) is 0 Å². The average Bonchev–Trinajstić information content (AvgIpc) is 3.05. The molecule has 0 aromatic rings. The van der Waals surface area contributed by atoms with Gasteiger partial charge in [-0.1, -0.05) is 34.6 Å². The summed E-state index contributed by atoms with van der Waals surface area (Å²) >= 11 is 0. The predicted molar refractivity (Wildman–Crippen MR) is 83.2 cm³/mol. The Labute approximate surface area is 120 Å². The standard InChI is InChI=1S/C17H34N2/c1-6-9-19(14-7-8-14)17(13-18)11-15(2,3)10-16(4,5)12-17/h14H,6-13,18H2,1-5H3. The predicted octanol–water partition coefficient (Wildman–Crippen LogP) is 3.79. The van der Waals surface area contributed by atoms with Crippen LogP contribution in [0, 0.1) is 10.8 Å². The van der Waals surface area contributed by atoms with Crippen LogP contribution in [0.2, 0.25) is 0 Å². The first-order valence-corrected chi connectivity index (χ1v) is 8.20. The molecule has 2 heteroatoms. The zero-order chi connectivity index (χ0) is 14.3. The molecule has 0 heterocycles. The smallest absolute Gasteiger partial charge is 0.0344 e. The molecular weight excluding hydrogens is 232 g/mol. The molecule has 19 heavy (non-hydrogen) atoms. The number of nitrogens with two attached hydrogens (primary N) is 1. The largest absolute Gasteiger partial charge is 0.329 e. The third kappa shape index (κ3) is 3.33. The van der Waals surface area contributed by atoms with Crippen LogP contribution in [-0.4, -0.2) is 29.6 Å². The average molecular weight is 266 g/mol. The summed E-state index contributed by atoms with van der Waals surface area (Å²) in [6.45, 7) is 14.1. The van der Waals surface area contributed by atoms with E-state index in [1.165, 1.54) is 45.1 Å². The lowest BCUT2D eigenvalue weighted by molar-refractivity contribution is -0.0479. The van der Waals surface area contributed by atoms with Gasteiger partial charge in [0.2, 0.25) is 0 Å². The first-order chi connectivity index (χ1) is 8.74. The van der Waals surface area contributed by atoms with Crippen LogP contribution < -0.4 is 5.73 Å². The van der Waals surface area contributed by atoms with Crippen molar-refractivity contribution in [2.24, 2.45) is 16.6 Å². The van der Waals surface area contributed by atoms with Crippen molar-refractivity contribution in [3.63, 3.8) is 0 Å². The Morgan fingerprint density at radius 3 is 1.89 bits per heavy atom. The molecule has 2 N–H and O–H groups in total. The second-order valence-corrected chi connectivity index (χ2v) is 8.71. The third-order valence-electron chi connectivity index (χ3n) is 5.01. The molecule has 2 aliphatic carbocycles. The van der Waals surface area contributed by atoms with Gasteiger partial charge in [-0.3, -0.25) is 4.90 Å². The first kappa shape index (κ1) is 15.3. The lowest BCUT2D eigenvalue weighted by Gasteiger charge is -2.56. The molecule has 0 saturated heterocycles. The fourth-order valence-corrected chi connectivity index (χ4v) is 5.16. The van der Waals surface area contributed by atoms with Gasteiger partial charge >= 0.3 is 0 Å². The van der Waals surface area contributed by atoms with Gasteiger partial charge in [0, 0.05) is 18.1 Å². The highest BCUT2D eigenvalue weighted by molar-refractivity contribution is 5.07. The number of hydrogen-bond acceptors (Lipinski definition) is 2. The zero-order valence-electron chi connectivity index (χ0n) is 13.8. The maximum atomic E-state index is 6.34. The van der Waals surface area contributed by atoms with Crippen molar-refractivity contribution < 1.29 is 0 Å². The molecule has 0 aromatic carbocycles. The van der Waals surface area contributed by atoms with E-state index in [0.717, 1.165) is 12.6 Å². The van der Waals surface area contributed by atoms with Crippen LogP contribution in [0.25, 0.3) is 0 Å². The second kappa shape index (κ2) is 5.04. The van der Waals surface area contributed by atoms with E-state index in [2.05, 4.69) is 39.5 Å². The van der Waals surface area contributed by atoms with Gasteiger partial charge in [0.05, 0.1) is 0 Å². The highest BCUT2D eigenvalue weighted by Gasteiger charge is 2.52. The molecule has 0 amide bonds. The summed E-state index contributed by atoms with van der Waals surface area (Å²) in [5, 5.41) is 0. The first-order valence-electron chi connectivity index (χ1n) is 8.20. The van der Waals surface area contributed by atoms with E-state index in [4.69, 9.17) is 5.73 Å². The topological polar surface area (TPSA) is 29.3 Å². The van der Waals surface area contributed by atoms with E-state index in [1.54, 1.807) is 0 Å². The molecule has 0 radical (unpaired) electrons. The third-order valence-corrected chi connectivity index (χ3v) is 5.01. The number of nitrogens with zero attached hydrogens (tertiary/aromatic N) is 1. The lowest BCUT2D eigenvalue weighted by atomic mass is 9.57. The minimum atomic E-state index is 0.252. The molecular formula is C17H34N2. The van der Waals surface area contributed by atoms with Crippen LogP contribution in [0.3, 0.4) is 0 Å². The Morgan fingerprint density at radius 2 is 1.53 bits per heavy atom. The lowest BCUT2D eigenvalue weighted by Crippen LogP contribution is -2.61. The van der Waals surface area contributed by atoms with Crippen LogP contribution in [0.4, 0.5) is 0 Å². The van der Waals surface area contributed by atoms with Crippen LogP contribution in [0.15, 0.2) is 0 Å². The monoisotopic (exact) mass is 266 g/mol. The van der Waals surface area contributed by atoms with E-state index in [0.29, 0.717) is 10.8 Å². The summed E-state index contributed by atoms with van der Waals surface area (Å²) in [7, 11) is 0. The van der Waals surface area contributed by atoms with Crippen LogP contribution in [0.5, 0.6) is 0 Å². The van der Waals surface area contributed by atoms with Crippen LogP contribution >= 0.6 is 0 Å². The number of hydrogen-bond donors (Lipinski definition) is 1. The Hall–Kier alpha value is -0.0800. The number of rotatable bonds is 5. The fraction of sp³-hybridized carbons (Fsp3) is 1.00. The van der Waals surface area contributed by atoms with Crippen molar-refractivity contribution in [2.75, 3.05) is 13.1 Å². The van der Waals surface area contributed by atoms with Gasteiger partial charge in [0.15, 0.2) is 0 Å². The van der Waals surface area contributed by atoms with Crippen LogP contribution in [-0.2, 0) is 0 Å². The SMILES string of the molecule is CCCN(C1CC1)C1(CN)CC(C)(C)CC(C)(C)C1. The highest BCUT2D eigenvalue weighted by Crippen LogP contribution is 2.53. The molecule has 2 aliphatic rings. The summed E-state index contributed by atoms with van der Waals surface area (Å²) < 4.78 is 0. The Morgan fingerprint density at radius 1 is 1.00 bits per heavy atom. The van der Waals surface area contributed by atoms with Gasteiger partial charge in [-0.25, -0.2) is 0 Å². The van der Waals surface area contributed by atoms with Crippen molar-refractivity contribution in [3.05, 3.63) is 0 Å². The normalized spacial score (nSPS) is 28.6. The van der Waals surface area contributed by atoms with Gasteiger partial charge in [-0.05, 0) is 55.9 Å². The van der Waals surface area contributed by atoms with Gasteiger partial charge in [-0.15, -0.1) is 0 Å². The maximum Gasteiger partial charge on any atom is 0.0344 e. The zero-order valence-corrected chi connectivity index (χ0v) is 13.8. The second-order valence-electron chi connectivity index (χ2n) is 8.71. The van der Waals surface area contributed by atoms with Crippen molar-refractivity contribution >= 4 is 0 Å². The molecule has 0 atom stereocenters. The molecule has 0 unspecified atom stereocenters. The summed E-state index contributed by atoms with van der Waals surface area (Å²) in [5.41, 5.74) is 7.43. The van der Waals surface area contributed by atoms with Gasteiger partial charge < -0.3 is 5.73 Å². The summed E-state index contributed by atoms with van der Waals surface area (Å²) in [5.74, 6) is 0. The Bertz CT molecular complexity index is 299. The molecule has 2 saturated carbocycles. The molecule has 0 aromatic heterocycles. The molecule has 2 fully saturated rings. The molecule has 0 bridgehead atoms. The van der Waals surface area contributed by atoms with E-state index in [-0.39, 0.29) is 5.54 Å². The minimum absolute atomic E-state index is 0.252. The minimum Gasteiger partial charge on any atom is -0.329 e. The van der Waals surface area contributed by atoms with Crippen molar-refractivity contribution in [1.82, 2.24) is 4.90 Å². The fourth-order valence-electron chi connectivity index (χ4n) is 5.16. The molecule has 0 spiro atoms. The highest BCUT2D eigenvalue weighted by atomic mass is 15.3. The molecule has 2 rings (SSSR count). The Kier molecular flexibility index (Phi) is 4.06. The maximum absolute atomic E-state index is 6.34. The van der Waals surface area contributed by atoms with E-state index >= 15 is 0 Å². The quantitative estimate of drug-likeness (QED) is 0.820. The summed E-state index contributed by atoms with van der Waals surface area (Å²) in [4.78, 5) is 2.80. The molecule has 2 nitrogen and oxygen atoms in total. The summed E-state index contributed by atoms with van der Waals surface area (Å²) in [6, 6.07) is 0.827. The van der Waals surface area contributed by atoms with Gasteiger partial charge in [0.1, 0.15) is 0 Å². The van der Waals surface area contributed by atoms with Crippen molar-refractivity contribution in [2.45, 2.75) is 84.7 Å².